The number of halogens is 1. The molecular formula is C13H16FN3O2. The Kier molecular flexibility index (Phi) is 3.80. The van der Waals surface area contributed by atoms with E-state index in [0.717, 1.165) is 0 Å². The predicted molar refractivity (Wildman–Crippen MR) is 69.3 cm³/mol. The highest BCUT2D eigenvalue weighted by Crippen LogP contribution is 2.18. The van der Waals surface area contributed by atoms with Gasteiger partial charge >= 0.3 is 0 Å². The van der Waals surface area contributed by atoms with Crippen molar-refractivity contribution in [2.24, 2.45) is 0 Å². The summed E-state index contributed by atoms with van der Waals surface area (Å²) in [5.41, 5.74) is 1.17. The second kappa shape index (κ2) is 5.36. The van der Waals surface area contributed by atoms with Crippen LogP contribution in [-0.4, -0.2) is 45.6 Å². The molecule has 6 heteroatoms. The molecule has 0 radical (unpaired) electrons. The van der Waals surface area contributed by atoms with Crippen molar-refractivity contribution < 1.29 is 14.3 Å². The van der Waals surface area contributed by atoms with Crippen LogP contribution in [0.3, 0.4) is 0 Å². The number of carbonyl (C=O) groups excluding carboxylic acids is 1. The lowest BCUT2D eigenvalue weighted by Crippen LogP contribution is -2.29. The number of nitrogens with zero attached hydrogens (tertiary/aromatic N) is 2. The molecule has 1 amide bonds. The summed E-state index contributed by atoms with van der Waals surface area (Å²) in [7, 11) is 1.62. The van der Waals surface area contributed by atoms with E-state index < -0.39 is 11.9 Å². The average Bonchev–Trinajstić information content (AvgIpc) is 2.81. The van der Waals surface area contributed by atoms with Crippen molar-refractivity contribution in [2.75, 3.05) is 13.6 Å². The molecule has 5 nitrogen and oxygen atoms in total. The smallest absolute Gasteiger partial charge is 0.255 e. The maximum atomic E-state index is 13.5. The van der Waals surface area contributed by atoms with E-state index in [0.29, 0.717) is 24.0 Å². The highest BCUT2D eigenvalue weighted by atomic mass is 19.1. The first kappa shape index (κ1) is 13.5. The van der Waals surface area contributed by atoms with Gasteiger partial charge in [-0.2, -0.15) is 0 Å². The molecule has 102 valence electrons. The lowest BCUT2D eigenvalue weighted by atomic mass is 10.1. The van der Waals surface area contributed by atoms with Crippen molar-refractivity contribution in [3.63, 3.8) is 0 Å². The van der Waals surface area contributed by atoms with Gasteiger partial charge < -0.3 is 15.0 Å². The van der Waals surface area contributed by atoms with E-state index in [1.165, 1.54) is 23.4 Å². The van der Waals surface area contributed by atoms with Gasteiger partial charge in [0, 0.05) is 13.6 Å². The Hall–Kier alpha value is -1.95. The van der Waals surface area contributed by atoms with Crippen LogP contribution in [0.4, 0.5) is 4.39 Å². The Morgan fingerprint density at radius 1 is 1.58 bits per heavy atom. The van der Waals surface area contributed by atoms with Crippen LogP contribution in [0.25, 0.3) is 11.0 Å². The number of amides is 1. The number of hydrogen-bond donors (Lipinski definition) is 2. The van der Waals surface area contributed by atoms with Crippen LogP contribution in [0, 0.1) is 5.82 Å². The van der Waals surface area contributed by atoms with E-state index in [1.807, 2.05) is 0 Å². The number of aliphatic hydroxyl groups is 1. The van der Waals surface area contributed by atoms with Crippen molar-refractivity contribution in [1.29, 1.82) is 0 Å². The number of imidazole rings is 1. The number of aromatic nitrogens is 2. The maximum Gasteiger partial charge on any atom is 0.255 e. The van der Waals surface area contributed by atoms with Crippen molar-refractivity contribution in [3.05, 3.63) is 29.8 Å². The molecule has 0 saturated heterocycles. The first-order chi connectivity index (χ1) is 8.99. The molecule has 0 aliphatic heterocycles. The van der Waals surface area contributed by atoms with Crippen molar-refractivity contribution in [3.8, 4) is 0 Å². The summed E-state index contributed by atoms with van der Waals surface area (Å²) in [4.78, 5) is 20.5. The van der Waals surface area contributed by atoms with Gasteiger partial charge in [-0.15, -0.1) is 0 Å². The van der Waals surface area contributed by atoms with E-state index >= 15 is 0 Å². The molecule has 2 rings (SSSR count). The van der Waals surface area contributed by atoms with Gasteiger partial charge in [0.25, 0.3) is 5.91 Å². The number of aliphatic hydroxyl groups excluding tert-OH is 1. The molecule has 0 bridgehead atoms. The largest absolute Gasteiger partial charge is 0.393 e. The number of hydrogen-bond acceptors (Lipinski definition) is 3. The molecule has 0 aliphatic rings. The first-order valence-electron chi connectivity index (χ1n) is 6.05. The van der Waals surface area contributed by atoms with Crippen molar-refractivity contribution >= 4 is 16.9 Å². The van der Waals surface area contributed by atoms with Gasteiger partial charge in [-0.3, -0.25) is 4.79 Å². The molecule has 1 aromatic carbocycles. The summed E-state index contributed by atoms with van der Waals surface area (Å²) in [6.45, 7) is 2.06. The number of nitrogens with one attached hydrogen (secondary N) is 1. The van der Waals surface area contributed by atoms with Gasteiger partial charge in [0.05, 0.1) is 23.5 Å². The van der Waals surface area contributed by atoms with E-state index in [2.05, 4.69) is 9.97 Å². The molecule has 2 N–H and O–H groups in total. The third kappa shape index (κ3) is 2.90. The topological polar surface area (TPSA) is 69.2 Å². The highest BCUT2D eigenvalue weighted by molar-refractivity contribution is 6.04. The van der Waals surface area contributed by atoms with Gasteiger partial charge in [0.15, 0.2) is 0 Å². The average molecular weight is 265 g/mol. The number of benzene rings is 1. The monoisotopic (exact) mass is 265 g/mol. The van der Waals surface area contributed by atoms with Gasteiger partial charge in [-0.05, 0) is 25.5 Å². The molecule has 19 heavy (non-hydrogen) atoms. The van der Waals surface area contributed by atoms with Crippen LogP contribution in [0.1, 0.15) is 23.7 Å². The van der Waals surface area contributed by atoms with E-state index in [1.54, 1.807) is 14.0 Å². The lowest BCUT2D eigenvalue weighted by molar-refractivity contribution is 0.0770. The van der Waals surface area contributed by atoms with E-state index in [9.17, 15) is 14.3 Å². The number of rotatable bonds is 4. The summed E-state index contributed by atoms with van der Waals surface area (Å²) >= 11 is 0. The highest BCUT2D eigenvalue weighted by Gasteiger charge is 2.18. The summed E-state index contributed by atoms with van der Waals surface area (Å²) in [6, 6.07) is 2.49. The zero-order valence-electron chi connectivity index (χ0n) is 10.9. The number of aromatic amines is 1. The normalized spacial score (nSPS) is 12.6. The summed E-state index contributed by atoms with van der Waals surface area (Å²) < 4.78 is 13.5. The van der Waals surface area contributed by atoms with Crippen LogP contribution in [0.2, 0.25) is 0 Å². The van der Waals surface area contributed by atoms with Gasteiger partial charge in [-0.25, -0.2) is 9.37 Å². The van der Waals surface area contributed by atoms with Gasteiger partial charge in [-0.1, -0.05) is 0 Å². The van der Waals surface area contributed by atoms with Crippen LogP contribution >= 0.6 is 0 Å². The zero-order chi connectivity index (χ0) is 14.0. The fourth-order valence-electron chi connectivity index (χ4n) is 1.87. The van der Waals surface area contributed by atoms with Crippen LogP contribution in [-0.2, 0) is 0 Å². The molecule has 1 heterocycles. The van der Waals surface area contributed by atoms with Crippen LogP contribution in [0.5, 0.6) is 0 Å². The van der Waals surface area contributed by atoms with Gasteiger partial charge in [0.1, 0.15) is 11.3 Å². The molecule has 0 saturated carbocycles. The Balaban J connectivity index is 2.28. The number of H-pyrrole nitrogens is 1. The Morgan fingerprint density at radius 3 is 3.00 bits per heavy atom. The SMILES string of the molecule is CC(O)CCN(C)C(=O)c1cc(F)cc2[nH]cnc12. The van der Waals surface area contributed by atoms with E-state index in [-0.39, 0.29) is 11.5 Å². The fourth-order valence-corrected chi connectivity index (χ4v) is 1.87. The van der Waals surface area contributed by atoms with Crippen molar-refractivity contribution in [1.82, 2.24) is 14.9 Å². The molecule has 0 aliphatic carbocycles. The third-order valence-corrected chi connectivity index (χ3v) is 2.95. The summed E-state index contributed by atoms with van der Waals surface area (Å²) in [5, 5.41) is 9.22. The molecule has 2 aromatic rings. The molecule has 1 aromatic heterocycles. The molecule has 1 atom stereocenters. The second-order valence-corrected chi connectivity index (χ2v) is 4.62. The predicted octanol–water partition coefficient (Wildman–Crippen LogP) is 1.54. The fraction of sp³-hybridized carbons (Fsp3) is 0.385. The van der Waals surface area contributed by atoms with E-state index in [4.69, 9.17) is 0 Å². The minimum Gasteiger partial charge on any atom is -0.393 e. The third-order valence-electron chi connectivity index (χ3n) is 2.95. The summed E-state index contributed by atoms with van der Waals surface area (Å²) in [5.74, 6) is -0.790. The standard InChI is InChI=1S/C13H16FN3O2/c1-8(18)3-4-17(2)13(19)10-5-9(14)6-11-12(10)16-7-15-11/h5-8,18H,3-4H2,1-2H3,(H,15,16). The first-order valence-corrected chi connectivity index (χ1v) is 6.05. The molecule has 1 unspecified atom stereocenters. The van der Waals surface area contributed by atoms with Gasteiger partial charge in [0.2, 0.25) is 0 Å². The van der Waals surface area contributed by atoms with Crippen LogP contribution < -0.4 is 0 Å². The molecular weight excluding hydrogens is 249 g/mol. The maximum absolute atomic E-state index is 13.5. The second-order valence-electron chi connectivity index (χ2n) is 4.62. The minimum atomic E-state index is -0.482. The Labute approximate surface area is 110 Å². The zero-order valence-corrected chi connectivity index (χ0v) is 10.9. The Morgan fingerprint density at radius 2 is 2.32 bits per heavy atom. The summed E-state index contributed by atoms with van der Waals surface area (Å²) in [6.07, 6.45) is 1.42. The van der Waals surface area contributed by atoms with Crippen LogP contribution in [0.15, 0.2) is 18.5 Å². The minimum absolute atomic E-state index is 0.226. The van der Waals surface area contributed by atoms with Crippen molar-refractivity contribution in [2.45, 2.75) is 19.4 Å². The Bertz CT molecular complexity index is 595. The quantitative estimate of drug-likeness (QED) is 0.881. The number of fused-ring (bicyclic) bond motifs is 1. The lowest BCUT2D eigenvalue weighted by Gasteiger charge is -2.18. The molecule has 0 spiro atoms. The molecule has 0 fully saturated rings. The number of carbonyl (C=O) groups is 1.